The minimum absolute atomic E-state index is 0.293. The number of aryl methyl sites for hydroxylation is 2. The quantitative estimate of drug-likeness (QED) is 0.694. The van der Waals surface area contributed by atoms with Crippen LogP contribution in [0.2, 0.25) is 0 Å². The van der Waals surface area contributed by atoms with Crippen LogP contribution in [0.5, 0.6) is 0 Å². The van der Waals surface area contributed by atoms with Crippen molar-refractivity contribution in [2.45, 2.75) is 25.1 Å². The van der Waals surface area contributed by atoms with Gasteiger partial charge < -0.3 is 4.74 Å². The first-order valence-electron chi connectivity index (χ1n) is 6.40. The van der Waals surface area contributed by atoms with Gasteiger partial charge in [0.05, 0.1) is 11.4 Å². The van der Waals surface area contributed by atoms with E-state index in [2.05, 4.69) is 60.1 Å². The smallest absolute Gasteiger partial charge is 0.0738 e. The van der Waals surface area contributed by atoms with E-state index in [0.29, 0.717) is 4.83 Å². The van der Waals surface area contributed by atoms with Gasteiger partial charge in [0.2, 0.25) is 0 Å². The molecule has 1 atom stereocenters. The predicted molar refractivity (Wildman–Crippen MR) is 86.6 cm³/mol. The van der Waals surface area contributed by atoms with Crippen molar-refractivity contribution >= 4 is 27.3 Å². The SMILES string of the molecule is COCCc1ccc(C(Br)c2cc(C)c(C)s2)cc1. The average molecular weight is 339 g/mol. The summed E-state index contributed by atoms with van der Waals surface area (Å²) in [4.78, 5) is 3.07. The summed E-state index contributed by atoms with van der Waals surface area (Å²) in [5, 5.41) is 0. The van der Waals surface area contributed by atoms with E-state index >= 15 is 0 Å². The summed E-state index contributed by atoms with van der Waals surface area (Å²) in [6.45, 7) is 5.13. The van der Waals surface area contributed by atoms with Gasteiger partial charge in [-0.05, 0) is 43.0 Å². The molecular weight excluding hydrogens is 320 g/mol. The molecule has 0 amide bonds. The number of benzene rings is 1. The molecule has 1 heterocycles. The topological polar surface area (TPSA) is 9.23 Å². The third kappa shape index (κ3) is 3.68. The highest BCUT2D eigenvalue weighted by Gasteiger charge is 2.13. The van der Waals surface area contributed by atoms with Gasteiger partial charge in [0.25, 0.3) is 0 Å². The van der Waals surface area contributed by atoms with Crippen molar-refractivity contribution in [3.8, 4) is 0 Å². The highest BCUT2D eigenvalue weighted by molar-refractivity contribution is 9.09. The Morgan fingerprint density at radius 2 is 1.89 bits per heavy atom. The second kappa shape index (κ2) is 6.69. The third-order valence-corrected chi connectivity index (χ3v) is 5.84. The first-order chi connectivity index (χ1) is 9.11. The van der Waals surface area contributed by atoms with Gasteiger partial charge in [-0.1, -0.05) is 40.2 Å². The highest BCUT2D eigenvalue weighted by atomic mass is 79.9. The van der Waals surface area contributed by atoms with E-state index in [9.17, 15) is 0 Å². The number of thiophene rings is 1. The van der Waals surface area contributed by atoms with Gasteiger partial charge in [-0.2, -0.15) is 0 Å². The Bertz CT molecular complexity index is 511. The summed E-state index contributed by atoms with van der Waals surface area (Å²) in [5.41, 5.74) is 4.01. The molecule has 1 nitrogen and oxygen atoms in total. The first kappa shape index (κ1) is 14.8. The molecule has 0 saturated carbocycles. The lowest BCUT2D eigenvalue weighted by atomic mass is 10.1. The van der Waals surface area contributed by atoms with Crippen molar-refractivity contribution in [3.05, 3.63) is 56.8 Å². The maximum absolute atomic E-state index is 5.10. The maximum atomic E-state index is 5.10. The van der Waals surface area contributed by atoms with Crippen LogP contribution < -0.4 is 0 Å². The normalized spacial score (nSPS) is 12.6. The van der Waals surface area contributed by atoms with E-state index in [0.717, 1.165) is 13.0 Å². The average Bonchev–Trinajstić information content (AvgIpc) is 2.76. The lowest BCUT2D eigenvalue weighted by Crippen LogP contribution is -1.95. The molecule has 0 bridgehead atoms. The van der Waals surface area contributed by atoms with Gasteiger partial charge in [-0.15, -0.1) is 11.3 Å². The van der Waals surface area contributed by atoms with Gasteiger partial charge >= 0.3 is 0 Å². The fraction of sp³-hybridized carbons (Fsp3) is 0.375. The van der Waals surface area contributed by atoms with Gasteiger partial charge in [-0.3, -0.25) is 0 Å². The third-order valence-electron chi connectivity index (χ3n) is 3.30. The standard InChI is InChI=1S/C16H19BrOS/c1-11-10-15(19-12(11)2)16(17)14-6-4-13(5-7-14)8-9-18-3/h4-7,10,16H,8-9H2,1-3H3. The lowest BCUT2D eigenvalue weighted by Gasteiger charge is -2.09. The number of hydrogen-bond acceptors (Lipinski definition) is 2. The molecule has 3 heteroatoms. The zero-order valence-corrected chi connectivity index (χ0v) is 14.0. The van der Waals surface area contributed by atoms with Crippen LogP contribution in [0, 0.1) is 13.8 Å². The fourth-order valence-corrected chi connectivity index (χ4v) is 3.73. The second-order valence-electron chi connectivity index (χ2n) is 4.73. The van der Waals surface area contributed by atoms with E-state index in [1.165, 1.54) is 26.4 Å². The van der Waals surface area contributed by atoms with Crippen molar-refractivity contribution < 1.29 is 4.74 Å². The lowest BCUT2D eigenvalue weighted by molar-refractivity contribution is 0.202. The van der Waals surface area contributed by atoms with E-state index in [4.69, 9.17) is 4.74 Å². The summed E-state index contributed by atoms with van der Waals surface area (Å²) in [6.07, 6.45) is 0.973. The Kier molecular flexibility index (Phi) is 5.20. The van der Waals surface area contributed by atoms with Crippen LogP contribution in [-0.4, -0.2) is 13.7 Å². The van der Waals surface area contributed by atoms with Crippen LogP contribution in [-0.2, 0) is 11.2 Å². The Balaban J connectivity index is 2.13. The molecule has 0 aliphatic heterocycles. The number of halogens is 1. The molecule has 2 aromatic rings. The van der Waals surface area contributed by atoms with Crippen molar-refractivity contribution in [2.24, 2.45) is 0 Å². The molecule has 0 aliphatic carbocycles. The molecule has 0 fully saturated rings. The molecule has 102 valence electrons. The van der Waals surface area contributed by atoms with Crippen LogP contribution in [0.25, 0.3) is 0 Å². The second-order valence-corrected chi connectivity index (χ2v) is 6.94. The monoisotopic (exact) mass is 338 g/mol. The molecule has 0 radical (unpaired) electrons. The molecule has 1 aromatic carbocycles. The highest BCUT2D eigenvalue weighted by Crippen LogP contribution is 2.36. The fourth-order valence-electron chi connectivity index (χ4n) is 1.96. The molecular formula is C16H19BrOS. The summed E-state index contributed by atoms with van der Waals surface area (Å²) >= 11 is 5.67. The largest absolute Gasteiger partial charge is 0.384 e. The van der Waals surface area contributed by atoms with Gasteiger partial charge in [0.1, 0.15) is 0 Å². The number of hydrogen-bond donors (Lipinski definition) is 0. The number of rotatable bonds is 5. The summed E-state index contributed by atoms with van der Waals surface area (Å²) < 4.78 is 5.10. The molecule has 0 N–H and O–H groups in total. The maximum Gasteiger partial charge on any atom is 0.0738 e. The van der Waals surface area contributed by atoms with Crippen LogP contribution in [0.15, 0.2) is 30.3 Å². The van der Waals surface area contributed by atoms with Crippen molar-refractivity contribution in [2.75, 3.05) is 13.7 Å². The Morgan fingerprint density at radius 1 is 1.21 bits per heavy atom. The minimum Gasteiger partial charge on any atom is -0.384 e. The van der Waals surface area contributed by atoms with E-state index < -0.39 is 0 Å². The van der Waals surface area contributed by atoms with E-state index in [-0.39, 0.29) is 0 Å². The van der Waals surface area contributed by atoms with Crippen LogP contribution in [0.1, 0.15) is 31.3 Å². The van der Waals surface area contributed by atoms with Crippen molar-refractivity contribution in [3.63, 3.8) is 0 Å². The molecule has 0 aliphatic rings. The summed E-state index contributed by atoms with van der Waals surface area (Å²) in [7, 11) is 1.74. The van der Waals surface area contributed by atoms with Crippen LogP contribution in [0.3, 0.4) is 0 Å². The van der Waals surface area contributed by atoms with Crippen LogP contribution in [0.4, 0.5) is 0 Å². The first-order valence-corrected chi connectivity index (χ1v) is 8.14. The molecule has 19 heavy (non-hydrogen) atoms. The van der Waals surface area contributed by atoms with Crippen molar-refractivity contribution in [1.29, 1.82) is 0 Å². The number of ether oxygens (including phenoxy) is 1. The zero-order valence-electron chi connectivity index (χ0n) is 11.6. The number of alkyl halides is 1. The van der Waals surface area contributed by atoms with Gasteiger partial charge in [-0.25, -0.2) is 0 Å². The van der Waals surface area contributed by atoms with E-state index in [1.807, 2.05) is 11.3 Å². The minimum atomic E-state index is 0.293. The molecule has 2 rings (SSSR count). The van der Waals surface area contributed by atoms with Crippen LogP contribution >= 0.6 is 27.3 Å². The summed E-state index contributed by atoms with van der Waals surface area (Å²) in [6, 6.07) is 11.1. The predicted octanol–water partition coefficient (Wildman–Crippen LogP) is 5.04. The Morgan fingerprint density at radius 3 is 2.42 bits per heavy atom. The Hall–Kier alpha value is -0.640. The molecule has 1 aromatic heterocycles. The van der Waals surface area contributed by atoms with E-state index in [1.54, 1.807) is 7.11 Å². The van der Waals surface area contributed by atoms with Gasteiger partial charge in [0.15, 0.2) is 0 Å². The van der Waals surface area contributed by atoms with Crippen molar-refractivity contribution in [1.82, 2.24) is 0 Å². The zero-order chi connectivity index (χ0) is 13.8. The molecule has 1 unspecified atom stereocenters. The number of methoxy groups -OCH3 is 1. The Labute approximate surface area is 127 Å². The summed E-state index contributed by atoms with van der Waals surface area (Å²) in [5.74, 6) is 0. The molecule has 0 spiro atoms. The van der Waals surface area contributed by atoms with Gasteiger partial charge in [0, 0.05) is 16.9 Å². The molecule has 0 saturated heterocycles.